The SMILES string of the molecule is CC(C)[C@@H](NC(=O)CN1C(=O)CCN=C1c1ccccc1)C(=O)c1nnc(C(C)(C)c2ccc(F)cc2)o1. The molecule has 2 amide bonds. The number of Topliss-reactive ketones (excluding diaryl/α,β-unsaturated/α-hetero) is 1. The highest BCUT2D eigenvalue weighted by Crippen LogP contribution is 2.30. The number of rotatable bonds is 9. The number of amidine groups is 1. The van der Waals surface area contributed by atoms with Gasteiger partial charge in [-0.1, -0.05) is 56.3 Å². The summed E-state index contributed by atoms with van der Waals surface area (Å²) in [5.74, 6) is -1.56. The van der Waals surface area contributed by atoms with E-state index in [9.17, 15) is 18.8 Å². The number of benzene rings is 2. The van der Waals surface area contributed by atoms with E-state index < -0.39 is 23.1 Å². The van der Waals surface area contributed by atoms with E-state index in [2.05, 4.69) is 20.5 Å². The second kappa shape index (κ2) is 11.0. The van der Waals surface area contributed by atoms with Crippen LogP contribution in [0.4, 0.5) is 4.39 Å². The van der Waals surface area contributed by atoms with Crippen LogP contribution in [-0.4, -0.2) is 57.7 Å². The Morgan fingerprint density at radius 3 is 2.42 bits per heavy atom. The number of halogens is 1. The molecule has 0 saturated heterocycles. The molecule has 1 aliphatic rings. The monoisotopic (exact) mass is 519 g/mol. The van der Waals surface area contributed by atoms with Crippen LogP contribution in [0, 0.1) is 11.7 Å². The fourth-order valence-corrected chi connectivity index (χ4v) is 4.19. The number of aromatic nitrogens is 2. The molecule has 198 valence electrons. The van der Waals surface area contributed by atoms with Crippen LogP contribution in [0.1, 0.15) is 61.8 Å². The van der Waals surface area contributed by atoms with Gasteiger partial charge in [0.2, 0.25) is 23.5 Å². The molecular formula is C28H30FN5O4. The van der Waals surface area contributed by atoms with Crippen molar-refractivity contribution in [1.82, 2.24) is 20.4 Å². The molecule has 2 aromatic carbocycles. The number of ketones is 1. The van der Waals surface area contributed by atoms with Crippen LogP contribution >= 0.6 is 0 Å². The van der Waals surface area contributed by atoms with Crippen molar-refractivity contribution in [2.45, 2.75) is 45.6 Å². The lowest BCUT2D eigenvalue weighted by molar-refractivity contribution is -0.132. The van der Waals surface area contributed by atoms with Crippen molar-refractivity contribution in [2.75, 3.05) is 13.1 Å². The van der Waals surface area contributed by atoms with Crippen LogP contribution in [0.5, 0.6) is 0 Å². The predicted molar refractivity (Wildman–Crippen MR) is 138 cm³/mol. The van der Waals surface area contributed by atoms with Gasteiger partial charge >= 0.3 is 0 Å². The van der Waals surface area contributed by atoms with E-state index >= 15 is 0 Å². The first-order valence-corrected chi connectivity index (χ1v) is 12.4. The molecule has 10 heteroatoms. The van der Waals surface area contributed by atoms with E-state index in [1.54, 1.807) is 26.0 Å². The molecule has 0 radical (unpaired) electrons. The van der Waals surface area contributed by atoms with Crippen LogP contribution in [0.3, 0.4) is 0 Å². The van der Waals surface area contributed by atoms with Crippen molar-refractivity contribution in [3.63, 3.8) is 0 Å². The zero-order valence-corrected chi connectivity index (χ0v) is 21.8. The van der Waals surface area contributed by atoms with E-state index in [-0.39, 0.29) is 42.4 Å². The predicted octanol–water partition coefficient (Wildman–Crippen LogP) is 3.54. The number of hydrogen-bond acceptors (Lipinski definition) is 7. The molecular weight excluding hydrogens is 489 g/mol. The molecule has 1 aliphatic heterocycles. The van der Waals surface area contributed by atoms with Gasteiger partial charge in [-0.15, -0.1) is 10.2 Å². The standard InChI is InChI=1S/C28H30FN5O4/c1-17(2)23(24(37)26-32-33-27(38-26)28(3,4)19-10-12-20(29)13-11-19)31-21(35)16-34-22(36)14-15-30-25(34)18-8-6-5-7-9-18/h5-13,17,23H,14-16H2,1-4H3,(H,31,35)/t23-/m1/s1. The van der Waals surface area contributed by atoms with E-state index in [1.165, 1.54) is 17.0 Å². The second-order valence-electron chi connectivity index (χ2n) is 10.00. The topological polar surface area (TPSA) is 118 Å². The minimum absolute atomic E-state index is 0.184. The van der Waals surface area contributed by atoms with Crippen molar-refractivity contribution < 1.29 is 23.2 Å². The summed E-state index contributed by atoms with van der Waals surface area (Å²) in [6.45, 7) is 7.28. The van der Waals surface area contributed by atoms with Crippen LogP contribution in [0.2, 0.25) is 0 Å². The molecule has 0 saturated carbocycles. The van der Waals surface area contributed by atoms with Gasteiger partial charge < -0.3 is 9.73 Å². The van der Waals surface area contributed by atoms with Gasteiger partial charge in [0, 0.05) is 12.0 Å². The summed E-state index contributed by atoms with van der Waals surface area (Å²) in [7, 11) is 0. The van der Waals surface area contributed by atoms with E-state index in [4.69, 9.17) is 4.42 Å². The lowest BCUT2D eigenvalue weighted by atomic mass is 9.84. The van der Waals surface area contributed by atoms with Crippen molar-refractivity contribution >= 4 is 23.4 Å². The minimum Gasteiger partial charge on any atom is -0.417 e. The summed E-state index contributed by atoms with van der Waals surface area (Å²) in [5, 5.41) is 10.7. The summed E-state index contributed by atoms with van der Waals surface area (Å²) in [6.07, 6.45) is 0.199. The smallest absolute Gasteiger partial charge is 0.286 e. The van der Waals surface area contributed by atoms with Crippen LogP contribution in [0.25, 0.3) is 0 Å². The third-order valence-electron chi connectivity index (χ3n) is 6.48. The van der Waals surface area contributed by atoms with Gasteiger partial charge in [-0.05, 0) is 37.5 Å². The van der Waals surface area contributed by atoms with Gasteiger partial charge in [-0.25, -0.2) is 4.39 Å². The van der Waals surface area contributed by atoms with Gasteiger partial charge in [-0.3, -0.25) is 24.3 Å². The van der Waals surface area contributed by atoms with Crippen molar-refractivity contribution in [3.8, 4) is 0 Å². The molecule has 9 nitrogen and oxygen atoms in total. The van der Waals surface area contributed by atoms with E-state index in [0.717, 1.165) is 11.1 Å². The largest absolute Gasteiger partial charge is 0.417 e. The average molecular weight is 520 g/mol. The molecule has 4 rings (SSSR count). The number of carbonyl (C=O) groups excluding carboxylic acids is 3. The maximum Gasteiger partial charge on any atom is 0.286 e. The van der Waals surface area contributed by atoms with E-state index in [0.29, 0.717) is 12.4 Å². The Balaban J connectivity index is 1.49. The Morgan fingerprint density at radius 2 is 1.76 bits per heavy atom. The molecule has 0 aliphatic carbocycles. The molecule has 0 spiro atoms. The number of carbonyl (C=O) groups is 3. The van der Waals surface area contributed by atoms with E-state index in [1.807, 2.05) is 44.2 Å². The normalized spacial score (nSPS) is 14.8. The maximum absolute atomic E-state index is 13.4. The van der Waals surface area contributed by atoms with Crippen molar-refractivity contribution in [1.29, 1.82) is 0 Å². The summed E-state index contributed by atoms with van der Waals surface area (Å²) in [6, 6.07) is 14.1. The molecule has 1 atom stereocenters. The zero-order valence-electron chi connectivity index (χ0n) is 21.8. The van der Waals surface area contributed by atoms with Gasteiger partial charge in [0.15, 0.2) is 0 Å². The second-order valence-corrected chi connectivity index (χ2v) is 10.00. The number of hydrogen-bond donors (Lipinski definition) is 1. The molecule has 0 bridgehead atoms. The summed E-state index contributed by atoms with van der Waals surface area (Å²) >= 11 is 0. The molecule has 38 heavy (non-hydrogen) atoms. The molecule has 1 aromatic heterocycles. The highest BCUT2D eigenvalue weighted by atomic mass is 19.1. The third kappa shape index (κ3) is 5.69. The van der Waals surface area contributed by atoms with Gasteiger partial charge in [0.05, 0.1) is 18.0 Å². The van der Waals surface area contributed by atoms with Gasteiger partial charge in [0.1, 0.15) is 18.2 Å². The van der Waals surface area contributed by atoms with Crippen molar-refractivity contribution in [2.24, 2.45) is 10.9 Å². The third-order valence-corrected chi connectivity index (χ3v) is 6.48. The fraction of sp³-hybridized carbons (Fsp3) is 0.357. The van der Waals surface area contributed by atoms with Crippen LogP contribution < -0.4 is 5.32 Å². The first kappa shape index (κ1) is 26.8. The summed E-state index contributed by atoms with van der Waals surface area (Å²) in [4.78, 5) is 44.8. The highest BCUT2D eigenvalue weighted by molar-refractivity contribution is 6.11. The maximum atomic E-state index is 13.4. The average Bonchev–Trinajstić information content (AvgIpc) is 3.40. The molecule has 3 aromatic rings. The molecule has 2 heterocycles. The molecule has 1 N–H and O–H groups in total. The Morgan fingerprint density at radius 1 is 1.08 bits per heavy atom. The first-order chi connectivity index (χ1) is 18.1. The first-order valence-electron chi connectivity index (χ1n) is 12.4. The molecule has 0 fully saturated rings. The Labute approximate surface area is 220 Å². The Kier molecular flexibility index (Phi) is 7.80. The Hall–Kier alpha value is -4.21. The number of aliphatic imine (C=N–C) groups is 1. The van der Waals surface area contributed by atoms with Crippen LogP contribution in [0.15, 0.2) is 64.0 Å². The fourth-order valence-electron chi connectivity index (χ4n) is 4.19. The summed E-state index contributed by atoms with van der Waals surface area (Å²) in [5.41, 5.74) is 0.682. The zero-order chi connectivity index (χ0) is 27.4. The number of nitrogens with one attached hydrogen (secondary N) is 1. The molecule has 0 unspecified atom stereocenters. The highest BCUT2D eigenvalue weighted by Gasteiger charge is 2.35. The summed E-state index contributed by atoms with van der Waals surface area (Å²) < 4.78 is 19.1. The lowest BCUT2D eigenvalue weighted by Gasteiger charge is -2.28. The van der Waals surface area contributed by atoms with Gasteiger partial charge in [0.25, 0.3) is 5.89 Å². The lowest BCUT2D eigenvalue weighted by Crippen LogP contribution is -2.51. The Bertz CT molecular complexity index is 1350. The van der Waals surface area contributed by atoms with Gasteiger partial charge in [-0.2, -0.15) is 0 Å². The van der Waals surface area contributed by atoms with Crippen LogP contribution in [-0.2, 0) is 15.0 Å². The number of nitrogens with zero attached hydrogens (tertiary/aromatic N) is 4. The minimum atomic E-state index is -0.957. The number of amides is 2. The quantitative estimate of drug-likeness (QED) is 0.432. The van der Waals surface area contributed by atoms with Crippen molar-refractivity contribution in [3.05, 3.63) is 83.3 Å².